The zero-order valence-electron chi connectivity index (χ0n) is 10.5. The van der Waals surface area contributed by atoms with E-state index < -0.39 is 0 Å². The smallest absolute Gasteiger partial charge is 0.00325 e. The molecular weight excluding hydrogens is 218 g/mol. The van der Waals surface area contributed by atoms with E-state index in [0.717, 1.165) is 5.57 Å². The molecule has 0 saturated carbocycles. The highest BCUT2D eigenvalue weighted by Gasteiger charge is 1.96. The standard InChI is InChI=1S/C17H17N/c1-14(13-18)10-11-15-6-5-9-17(12-15)16-7-3-2-4-8-16/h2-13H,18H2,1H3/b11-10-,14-13-. The van der Waals surface area contributed by atoms with E-state index in [1.165, 1.54) is 16.7 Å². The van der Waals surface area contributed by atoms with E-state index in [1.807, 2.05) is 19.1 Å². The lowest BCUT2D eigenvalue weighted by atomic mass is 10.0. The number of nitrogens with two attached hydrogens (primary N) is 1. The maximum atomic E-state index is 5.44. The molecule has 0 heterocycles. The maximum Gasteiger partial charge on any atom is -0.00325 e. The fraction of sp³-hybridized carbons (Fsp3) is 0.0588. The molecule has 0 fully saturated rings. The third-order valence-electron chi connectivity index (χ3n) is 2.80. The van der Waals surface area contributed by atoms with Crippen LogP contribution in [0.25, 0.3) is 17.2 Å². The highest BCUT2D eigenvalue weighted by Crippen LogP contribution is 2.20. The monoisotopic (exact) mass is 235 g/mol. The Morgan fingerprint density at radius 2 is 1.67 bits per heavy atom. The van der Waals surface area contributed by atoms with Crippen molar-refractivity contribution in [2.75, 3.05) is 0 Å². The Labute approximate surface area is 108 Å². The minimum atomic E-state index is 1.06. The SMILES string of the molecule is CC(/C=C\c1cccc(-c2ccccc2)c1)=C/N. The number of benzene rings is 2. The van der Waals surface area contributed by atoms with Crippen LogP contribution in [0.4, 0.5) is 0 Å². The fourth-order valence-electron chi connectivity index (χ4n) is 1.74. The van der Waals surface area contributed by atoms with Gasteiger partial charge in [0.1, 0.15) is 0 Å². The van der Waals surface area contributed by atoms with Crippen LogP contribution < -0.4 is 5.73 Å². The van der Waals surface area contributed by atoms with Gasteiger partial charge in [-0.05, 0) is 41.5 Å². The van der Waals surface area contributed by atoms with Crippen LogP contribution >= 0.6 is 0 Å². The molecule has 2 aromatic carbocycles. The van der Waals surface area contributed by atoms with Gasteiger partial charge in [-0.3, -0.25) is 0 Å². The molecule has 0 bridgehead atoms. The predicted molar refractivity (Wildman–Crippen MR) is 78.9 cm³/mol. The molecule has 0 amide bonds. The minimum absolute atomic E-state index is 1.06. The number of hydrogen-bond donors (Lipinski definition) is 1. The summed E-state index contributed by atoms with van der Waals surface area (Å²) in [7, 11) is 0. The first-order chi connectivity index (χ1) is 8.79. The van der Waals surface area contributed by atoms with E-state index in [-0.39, 0.29) is 0 Å². The van der Waals surface area contributed by atoms with Gasteiger partial charge in [-0.1, -0.05) is 60.7 Å². The molecule has 90 valence electrons. The Balaban J connectivity index is 2.29. The van der Waals surface area contributed by atoms with Crippen molar-refractivity contribution in [3.8, 4) is 11.1 Å². The summed E-state index contributed by atoms with van der Waals surface area (Å²) in [5, 5.41) is 0. The highest BCUT2D eigenvalue weighted by atomic mass is 14.5. The van der Waals surface area contributed by atoms with Gasteiger partial charge in [0.15, 0.2) is 0 Å². The molecule has 2 aromatic rings. The van der Waals surface area contributed by atoms with Crippen LogP contribution in [0.3, 0.4) is 0 Å². The fourth-order valence-corrected chi connectivity index (χ4v) is 1.74. The molecule has 0 aliphatic rings. The van der Waals surface area contributed by atoms with Gasteiger partial charge in [0, 0.05) is 0 Å². The zero-order chi connectivity index (χ0) is 12.8. The van der Waals surface area contributed by atoms with Gasteiger partial charge >= 0.3 is 0 Å². The molecule has 0 radical (unpaired) electrons. The molecule has 0 aliphatic heterocycles. The van der Waals surface area contributed by atoms with E-state index in [9.17, 15) is 0 Å². The molecule has 18 heavy (non-hydrogen) atoms. The Hall–Kier alpha value is -2.28. The Morgan fingerprint density at radius 3 is 2.39 bits per heavy atom. The van der Waals surface area contributed by atoms with Crippen LogP contribution in [-0.2, 0) is 0 Å². The Bertz CT molecular complexity index is 565. The molecule has 0 aliphatic carbocycles. The number of allylic oxidation sites excluding steroid dienone is 2. The van der Waals surface area contributed by atoms with Crippen molar-refractivity contribution in [3.63, 3.8) is 0 Å². The van der Waals surface area contributed by atoms with E-state index >= 15 is 0 Å². The zero-order valence-corrected chi connectivity index (χ0v) is 10.5. The van der Waals surface area contributed by atoms with E-state index in [0.29, 0.717) is 0 Å². The molecule has 2 N–H and O–H groups in total. The highest BCUT2D eigenvalue weighted by molar-refractivity contribution is 5.67. The maximum absolute atomic E-state index is 5.44. The lowest BCUT2D eigenvalue weighted by Gasteiger charge is -2.02. The lowest BCUT2D eigenvalue weighted by molar-refractivity contribution is 1.44. The molecule has 0 saturated heterocycles. The van der Waals surface area contributed by atoms with E-state index in [1.54, 1.807) is 6.20 Å². The van der Waals surface area contributed by atoms with Gasteiger partial charge in [0.2, 0.25) is 0 Å². The normalized spacial score (nSPS) is 11.9. The van der Waals surface area contributed by atoms with Crippen LogP contribution in [0, 0.1) is 0 Å². The minimum Gasteiger partial charge on any atom is -0.404 e. The first-order valence-electron chi connectivity index (χ1n) is 6.01. The summed E-state index contributed by atoms with van der Waals surface area (Å²) in [4.78, 5) is 0. The van der Waals surface area contributed by atoms with E-state index in [4.69, 9.17) is 5.73 Å². The second-order valence-electron chi connectivity index (χ2n) is 4.24. The van der Waals surface area contributed by atoms with Crippen molar-refractivity contribution >= 4 is 6.08 Å². The summed E-state index contributed by atoms with van der Waals surface area (Å²) >= 11 is 0. The van der Waals surface area contributed by atoms with E-state index in [2.05, 4.69) is 54.6 Å². The van der Waals surface area contributed by atoms with Crippen molar-refractivity contribution in [1.29, 1.82) is 0 Å². The largest absolute Gasteiger partial charge is 0.404 e. The molecule has 0 unspecified atom stereocenters. The van der Waals surface area contributed by atoms with Crippen molar-refractivity contribution in [2.45, 2.75) is 6.92 Å². The van der Waals surface area contributed by atoms with Crippen LogP contribution in [-0.4, -0.2) is 0 Å². The lowest BCUT2D eigenvalue weighted by Crippen LogP contribution is -1.81. The second-order valence-corrected chi connectivity index (χ2v) is 4.24. The molecule has 0 atom stereocenters. The van der Waals surface area contributed by atoms with Crippen molar-refractivity contribution in [3.05, 3.63) is 78.0 Å². The molecule has 2 rings (SSSR count). The molecular formula is C17H17N. The summed E-state index contributed by atoms with van der Waals surface area (Å²) in [5.74, 6) is 0. The summed E-state index contributed by atoms with van der Waals surface area (Å²) in [5.41, 5.74) is 10.1. The van der Waals surface area contributed by atoms with Crippen LogP contribution in [0.1, 0.15) is 12.5 Å². The van der Waals surface area contributed by atoms with Crippen molar-refractivity contribution < 1.29 is 0 Å². The quantitative estimate of drug-likeness (QED) is 0.792. The first kappa shape index (κ1) is 12.2. The first-order valence-corrected chi connectivity index (χ1v) is 6.01. The predicted octanol–water partition coefficient (Wildman–Crippen LogP) is 4.23. The molecule has 0 aromatic heterocycles. The van der Waals surface area contributed by atoms with Gasteiger partial charge in [0.05, 0.1) is 0 Å². The molecule has 1 heteroatoms. The van der Waals surface area contributed by atoms with Gasteiger partial charge < -0.3 is 5.73 Å². The third-order valence-corrected chi connectivity index (χ3v) is 2.80. The van der Waals surface area contributed by atoms with Crippen LogP contribution in [0.5, 0.6) is 0 Å². The van der Waals surface area contributed by atoms with Gasteiger partial charge in [0.25, 0.3) is 0 Å². The summed E-state index contributed by atoms with van der Waals surface area (Å²) in [6.45, 7) is 1.98. The van der Waals surface area contributed by atoms with Gasteiger partial charge in [-0.2, -0.15) is 0 Å². The summed E-state index contributed by atoms with van der Waals surface area (Å²) in [6.07, 6.45) is 5.70. The topological polar surface area (TPSA) is 26.0 Å². The average molecular weight is 235 g/mol. The second kappa shape index (κ2) is 5.87. The summed E-state index contributed by atoms with van der Waals surface area (Å²) < 4.78 is 0. The van der Waals surface area contributed by atoms with Crippen molar-refractivity contribution in [2.24, 2.45) is 5.73 Å². The number of rotatable bonds is 3. The van der Waals surface area contributed by atoms with Crippen molar-refractivity contribution in [1.82, 2.24) is 0 Å². The Kier molecular flexibility index (Phi) is 3.98. The average Bonchev–Trinajstić information content (AvgIpc) is 2.46. The van der Waals surface area contributed by atoms with Gasteiger partial charge in [-0.15, -0.1) is 0 Å². The molecule has 1 nitrogen and oxygen atoms in total. The summed E-state index contributed by atoms with van der Waals surface area (Å²) in [6, 6.07) is 18.8. The van der Waals surface area contributed by atoms with Crippen LogP contribution in [0.15, 0.2) is 72.4 Å². The van der Waals surface area contributed by atoms with Gasteiger partial charge in [-0.25, -0.2) is 0 Å². The molecule has 0 spiro atoms. The third kappa shape index (κ3) is 3.11. The van der Waals surface area contributed by atoms with Crippen LogP contribution in [0.2, 0.25) is 0 Å². The number of hydrogen-bond acceptors (Lipinski definition) is 1. The Morgan fingerprint density at radius 1 is 0.944 bits per heavy atom.